The van der Waals surface area contributed by atoms with Crippen LogP contribution in [0.2, 0.25) is 0 Å². The van der Waals surface area contributed by atoms with Gasteiger partial charge in [0, 0.05) is 18.5 Å². The second-order valence-electron chi connectivity index (χ2n) is 7.66. The van der Waals surface area contributed by atoms with Crippen molar-refractivity contribution < 1.29 is 15.0 Å². The van der Waals surface area contributed by atoms with Crippen LogP contribution in [0, 0.1) is 12.3 Å². The molecular formula is C23H24N2O3. The van der Waals surface area contributed by atoms with Crippen LogP contribution in [-0.2, 0) is 11.2 Å². The number of fused-ring (bicyclic) bond motifs is 1. The molecule has 1 saturated heterocycles. The van der Waals surface area contributed by atoms with E-state index in [1.54, 1.807) is 0 Å². The number of piperidine rings is 1. The number of carboxylic acid groups (broad SMARTS) is 1. The summed E-state index contributed by atoms with van der Waals surface area (Å²) >= 11 is 0. The molecule has 0 unspecified atom stereocenters. The molecule has 5 nitrogen and oxygen atoms in total. The van der Waals surface area contributed by atoms with E-state index in [2.05, 4.69) is 0 Å². The summed E-state index contributed by atoms with van der Waals surface area (Å²) in [5, 5.41) is 21.9. The van der Waals surface area contributed by atoms with Crippen molar-refractivity contribution in [1.29, 1.82) is 0 Å². The molecule has 144 valence electrons. The molecule has 1 aliphatic rings. The molecule has 0 amide bonds. The van der Waals surface area contributed by atoms with Gasteiger partial charge < -0.3 is 15.1 Å². The minimum Gasteiger partial charge on any atom is -0.481 e. The van der Waals surface area contributed by atoms with Crippen molar-refractivity contribution in [3.8, 4) is 0 Å². The summed E-state index contributed by atoms with van der Waals surface area (Å²) in [7, 11) is 0. The maximum Gasteiger partial charge on any atom is 0.314 e. The number of nitrogens with zero attached hydrogens (tertiary/aromatic N) is 2. The van der Waals surface area contributed by atoms with Crippen LogP contribution < -0.4 is 4.90 Å². The van der Waals surface area contributed by atoms with E-state index in [9.17, 15) is 15.0 Å². The third kappa shape index (κ3) is 3.22. The largest absolute Gasteiger partial charge is 0.481 e. The Balaban J connectivity index is 1.71. The Morgan fingerprint density at radius 3 is 2.64 bits per heavy atom. The summed E-state index contributed by atoms with van der Waals surface area (Å²) < 4.78 is 0. The second kappa shape index (κ2) is 7.24. The maximum absolute atomic E-state index is 12.3. The van der Waals surface area contributed by atoms with Crippen molar-refractivity contribution in [2.75, 3.05) is 18.0 Å². The molecule has 1 aliphatic heterocycles. The normalized spacial score (nSPS) is 22.4. The number of carboxylic acids is 1. The molecule has 1 aromatic heterocycles. The molecule has 0 radical (unpaired) electrons. The van der Waals surface area contributed by atoms with Gasteiger partial charge in [-0.2, -0.15) is 0 Å². The van der Waals surface area contributed by atoms with E-state index in [0.29, 0.717) is 13.0 Å². The molecule has 1 fully saturated rings. The van der Waals surface area contributed by atoms with Crippen LogP contribution in [0.1, 0.15) is 17.5 Å². The van der Waals surface area contributed by atoms with Gasteiger partial charge in [-0.25, -0.2) is 4.98 Å². The Morgan fingerprint density at radius 1 is 1.18 bits per heavy atom. The molecule has 0 aliphatic carbocycles. The van der Waals surface area contributed by atoms with Crippen LogP contribution in [0.4, 0.5) is 5.82 Å². The highest BCUT2D eigenvalue weighted by Gasteiger charge is 2.49. The Morgan fingerprint density at radius 2 is 1.89 bits per heavy atom. The quantitative estimate of drug-likeness (QED) is 0.730. The highest BCUT2D eigenvalue weighted by atomic mass is 16.4. The summed E-state index contributed by atoms with van der Waals surface area (Å²) in [6.45, 7) is 2.85. The number of aliphatic hydroxyl groups is 1. The van der Waals surface area contributed by atoms with Gasteiger partial charge in [-0.05, 0) is 43.0 Å². The zero-order valence-corrected chi connectivity index (χ0v) is 15.9. The predicted molar refractivity (Wildman–Crippen MR) is 110 cm³/mol. The van der Waals surface area contributed by atoms with Gasteiger partial charge in [0.25, 0.3) is 0 Å². The number of benzene rings is 2. The number of anilines is 1. The molecule has 0 spiro atoms. The first-order valence-electron chi connectivity index (χ1n) is 9.56. The molecule has 28 heavy (non-hydrogen) atoms. The highest BCUT2D eigenvalue weighted by molar-refractivity contribution is 5.84. The lowest BCUT2D eigenvalue weighted by Crippen LogP contribution is -2.57. The molecule has 2 aromatic carbocycles. The zero-order chi connectivity index (χ0) is 19.7. The first-order valence-corrected chi connectivity index (χ1v) is 9.56. The Labute approximate surface area is 164 Å². The standard InChI is InChI=1S/C23H24N2O3/c1-16-13-21(24-19-10-6-5-9-18(16)19)25-12-11-20(26)23(15-25,22(27)28)14-17-7-3-2-4-8-17/h2-10,13,20,26H,11-12,14-15H2,1H3,(H,27,28)/t20-,23-/m1/s1. The SMILES string of the molecule is Cc1cc(N2CC[C@@H](O)[C@](Cc3ccccc3)(C(=O)O)C2)nc2ccccc12. The van der Waals surface area contributed by atoms with Crippen LogP contribution >= 0.6 is 0 Å². The number of para-hydroxylation sites is 1. The van der Waals surface area contributed by atoms with Crippen LogP contribution in [0.3, 0.4) is 0 Å². The van der Waals surface area contributed by atoms with E-state index in [1.165, 1.54) is 0 Å². The van der Waals surface area contributed by atoms with Gasteiger partial charge in [0.1, 0.15) is 11.2 Å². The predicted octanol–water partition coefficient (Wildman–Crippen LogP) is 3.43. The molecule has 2 atom stereocenters. The fourth-order valence-corrected chi connectivity index (χ4v) is 4.19. The number of aryl methyl sites for hydroxylation is 1. The van der Waals surface area contributed by atoms with Gasteiger partial charge in [-0.3, -0.25) is 4.79 Å². The van der Waals surface area contributed by atoms with Gasteiger partial charge in [0.05, 0.1) is 11.6 Å². The number of hydrogen-bond donors (Lipinski definition) is 2. The number of aliphatic carboxylic acids is 1. The minimum atomic E-state index is -1.26. The van der Waals surface area contributed by atoms with E-state index in [1.807, 2.05) is 72.5 Å². The molecule has 5 heteroatoms. The number of aliphatic hydroxyl groups excluding tert-OH is 1. The summed E-state index contributed by atoms with van der Waals surface area (Å²) in [6.07, 6.45) is -0.219. The number of pyridine rings is 1. The number of aromatic nitrogens is 1. The van der Waals surface area contributed by atoms with Crippen molar-refractivity contribution in [3.05, 3.63) is 71.8 Å². The summed E-state index contributed by atoms with van der Waals surface area (Å²) in [6, 6.07) is 19.5. The summed E-state index contributed by atoms with van der Waals surface area (Å²) in [5.41, 5.74) is 1.65. The molecule has 2 heterocycles. The summed E-state index contributed by atoms with van der Waals surface area (Å²) in [4.78, 5) is 19.1. The molecule has 4 rings (SSSR count). The van der Waals surface area contributed by atoms with Gasteiger partial charge >= 0.3 is 5.97 Å². The van der Waals surface area contributed by atoms with Gasteiger partial charge in [-0.15, -0.1) is 0 Å². The number of hydrogen-bond acceptors (Lipinski definition) is 4. The van der Waals surface area contributed by atoms with Crippen molar-refractivity contribution in [1.82, 2.24) is 4.98 Å². The Hall–Kier alpha value is -2.92. The highest BCUT2D eigenvalue weighted by Crippen LogP contribution is 2.37. The molecule has 0 bridgehead atoms. The maximum atomic E-state index is 12.3. The van der Waals surface area contributed by atoms with Gasteiger partial charge in [0.15, 0.2) is 0 Å². The lowest BCUT2D eigenvalue weighted by Gasteiger charge is -2.44. The Kier molecular flexibility index (Phi) is 4.77. The molecule has 2 N–H and O–H groups in total. The average Bonchev–Trinajstić information content (AvgIpc) is 2.70. The summed E-state index contributed by atoms with van der Waals surface area (Å²) in [5.74, 6) is -0.201. The molecule has 3 aromatic rings. The van der Waals surface area contributed by atoms with Gasteiger partial charge in [-0.1, -0.05) is 48.5 Å². The van der Waals surface area contributed by atoms with E-state index in [4.69, 9.17) is 4.98 Å². The third-order valence-corrected chi connectivity index (χ3v) is 5.81. The molecular weight excluding hydrogens is 352 g/mol. The van der Waals surface area contributed by atoms with Crippen LogP contribution in [0.15, 0.2) is 60.7 Å². The van der Waals surface area contributed by atoms with E-state index >= 15 is 0 Å². The monoisotopic (exact) mass is 376 g/mol. The fraction of sp³-hybridized carbons (Fsp3) is 0.304. The van der Waals surface area contributed by atoms with Crippen molar-refractivity contribution in [2.24, 2.45) is 5.41 Å². The van der Waals surface area contributed by atoms with Crippen molar-refractivity contribution >= 4 is 22.7 Å². The van der Waals surface area contributed by atoms with Crippen molar-refractivity contribution in [2.45, 2.75) is 25.9 Å². The minimum absolute atomic E-state index is 0.225. The average molecular weight is 376 g/mol. The third-order valence-electron chi connectivity index (χ3n) is 5.81. The topological polar surface area (TPSA) is 73.7 Å². The van der Waals surface area contributed by atoms with Crippen molar-refractivity contribution in [3.63, 3.8) is 0 Å². The van der Waals surface area contributed by atoms with E-state index in [0.717, 1.165) is 27.8 Å². The van der Waals surface area contributed by atoms with Crippen LogP contribution in [0.25, 0.3) is 10.9 Å². The second-order valence-corrected chi connectivity index (χ2v) is 7.66. The first-order chi connectivity index (χ1) is 13.5. The number of carbonyl (C=O) groups is 1. The number of rotatable bonds is 4. The zero-order valence-electron chi connectivity index (χ0n) is 15.9. The van der Waals surface area contributed by atoms with Crippen LogP contribution in [-0.4, -0.2) is 40.4 Å². The first kappa shape index (κ1) is 18.4. The van der Waals surface area contributed by atoms with Gasteiger partial charge in [0.2, 0.25) is 0 Å². The molecule has 0 saturated carbocycles. The smallest absolute Gasteiger partial charge is 0.314 e. The lowest BCUT2D eigenvalue weighted by atomic mass is 9.73. The fourth-order valence-electron chi connectivity index (χ4n) is 4.19. The van der Waals surface area contributed by atoms with E-state index < -0.39 is 17.5 Å². The Bertz CT molecular complexity index is 1010. The van der Waals surface area contributed by atoms with E-state index in [-0.39, 0.29) is 13.0 Å². The van der Waals surface area contributed by atoms with Crippen LogP contribution in [0.5, 0.6) is 0 Å². The lowest BCUT2D eigenvalue weighted by molar-refractivity contribution is -0.157.